The summed E-state index contributed by atoms with van der Waals surface area (Å²) in [6.45, 7) is 9.30. The molecule has 1 fully saturated rings. The number of rotatable bonds is 7. The summed E-state index contributed by atoms with van der Waals surface area (Å²) in [5.41, 5.74) is 0. The first-order chi connectivity index (χ1) is 8.40. The Bertz CT molecular complexity index is 269. The van der Waals surface area contributed by atoms with Gasteiger partial charge in [0.2, 0.25) is 0 Å². The van der Waals surface area contributed by atoms with Crippen molar-refractivity contribution < 1.29 is 9.90 Å². The number of carbonyl (C=O) groups is 1. The molecule has 1 aliphatic heterocycles. The Balaban J connectivity index is 2.33. The van der Waals surface area contributed by atoms with E-state index in [1.165, 1.54) is 6.42 Å². The standard InChI is InChI=1S/C14H27NO2S/c1-9(2)5-11(14(16)17)7-15-12-6-13(10(3)4)18-8-12/h9-13,15H,5-8H2,1-4H3,(H,16,17). The van der Waals surface area contributed by atoms with Crippen LogP contribution in [-0.2, 0) is 4.79 Å². The van der Waals surface area contributed by atoms with E-state index in [0.29, 0.717) is 24.4 Å². The third kappa shape index (κ3) is 5.19. The molecule has 1 rings (SSSR count). The van der Waals surface area contributed by atoms with E-state index in [9.17, 15) is 9.90 Å². The van der Waals surface area contributed by atoms with Crippen LogP contribution in [0.1, 0.15) is 40.5 Å². The van der Waals surface area contributed by atoms with Gasteiger partial charge in [0.25, 0.3) is 0 Å². The van der Waals surface area contributed by atoms with E-state index in [2.05, 4.69) is 33.0 Å². The summed E-state index contributed by atoms with van der Waals surface area (Å²) < 4.78 is 0. The van der Waals surface area contributed by atoms with Gasteiger partial charge in [-0.2, -0.15) is 11.8 Å². The van der Waals surface area contributed by atoms with Crippen molar-refractivity contribution in [2.24, 2.45) is 17.8 Å². The highest BCUT2D eigenvalue weighted by molar-refractivity contribution is 8.00. The number of hydrogen-bond donors (Lipinski definition) is 2. The van der Waals surface area contributed by atoms with Gasteiger partial charge in [-0.15, -0.1) is 0 Å². The van der Waals surface area contributed by atoms with Crippen molar-refractivity contribution in [2.45, 2.75) is 51.8 Å². The first-order valence-corrected chi connectivity index (χ1v) is 8.02. The normalized spacial score (nSPS) is 25.9. The number of hydrogen-bond acceptors (Lipinski definition) is 3. The average molecular weight is 273 g/mol. The van der Waals surface area contributed by atoms with Gasteiger partial charge in [-0.05, 0) is 24.7 Å². The number of carboxylic acids is 1. The number of thioether (sulfide) groups is 1. The number of nitrogens with one attached hydrogen (secondary N) is 1. The Morgan fingerprint density at radius 3 is 2.50 bits per heavy atom. The minimum atomic E-state index is -0.665. The van der Waals surface area contributed by atoms with Gasteiger partial charge in [-0.25, -0.2) is 0 Å². The second-order valence-corrected chi connectivity index (χ2v) is 7.39. The molecule has 1 heterocycles. The molecule has 0 bridgehead atoms. The Kier molecular flexibility index (Phi) is 6.50. The summed E-state index contributed by atoms with van der Waals surface area (Å²) in [5, 5.41) is 13.4. The molecule has 3 nitrogen and oxygen atoms in total. The molecule has 1 saturated heterocycles. The maximum Gasteiger partial charge on any atom is 0.307 e. The van der Waals surface area contributed by atoms with Crippen LogP contribution >= 0.6 is 11.8 Å². The zero-order chi connectivity index (χ0) is 13.7. The predicted molar refractivity (Wildman–Crippen MR) is 78.1 cm³/mol. The van der Waals surface area contributed by atoms with Crippen LogP contribution in [0.25, 0.3) is 0 Å². The molecular weight excluding hydrogens is 246 g/mol. The fourth-order valence-electron chi connectivity index (χ4n) is 2.41. The molecule has 0 aliphatic carbocycles. The van der Waals surface area contributed by atoms with E-state index < -0.39 is 5.97 Å². The van der Waals surface area contributed by atoms with Gasteiger partial charge in [0.05, 0.1) is 5.92 Å². The lowest BCUT2D eigenvalue weighted by atomic mass is 9.96. The minimum Gasteiger partial charge on any atom is -0.481 e. The van der Waals surface area contributed by atoms with Crippen molar-refractivity contribution >= 4 is 17.7 Å². The van der Waals surface area contributed by atoms with Gasteiger partial charge in [-0.3, -0.25) is 4.79 Å². The van der Waals surface area contributed by atoms with Crippen LogP contribution in [0.5, 0.6) is 0 Å². The number of carboxylic acid groups (broad SMARTS) is 1. The SMILES string of the molecule is CC(C)CC(CNC1CSC(C(C)C)C1)C(=O)O. The molecule has 1 aliphatic rings. The van der Waals surface area contributed by atoms with Gasteiger partial charge in [-0.1, -0.05) is 27.7 Å². The second-order valence-electron chi connectivity index (χ2n) is 6.12. The average Bonchev–Trinajstić information content (AvgIpc) is 2.72. The molecule has 0 aromatic carbocycles. The largest absolute Gasteiger partial charge is 0.481 e. The molecule has 0 radical (unpaired) electrons. The van der Waals surface area contributed by atoms with E-state index in [4.69, 9.17) is 0 Å². The van der Waals surface area contributed by atoms with Crippen LogP contribution in [-0.4, -0.2) is 34.7 Å². The molecule has 0 spiro atoms. The maximum atomic E-state index is 11.2. The highest BCUT2D eigenvalue weighted by atomic mass is 32.2. The van der Waals surface area contributed by atoms with E-state index in [1.807, 2.05) is 11.8 Å². The molecular formula is C14H27NO2S. The van der Waals surface area contributed by atoms with Crippen molar-refractivity contribution in [3.05, 3.63) is 0 Å². The fraction of sp³-hybridized carbons (Fsp3) is 0.929. The Morgan fingerprint density at radius 2 is 2.06 bits per heavy atom. The van der Waals surface area contributed by atoms with Crippen LogP contribution in [0.4, 0.5) is 0 Å². The van der Waals surface area contributed by atoms with Crippen molar-refractivity contribution in [3.63, 3.8) is 0 Å². The van der Waals surface area contributed by atoms with E-state index in [1.54, 1.807) is 0 Å². The Hall–Kier alpha value is -0.220. The molecule has 0 amide bonds. The molecule has 106 valence electrons. The molecule has 0 aromatic heterocycles. The van der Waals surface area contributed by atoms with Crippen molar-refractivity contribution in [3.8, 4) is 0 Å². The lowest BCUT2D eigenvalue weighted by molar-refractivity contribution is -0.142. The molecule has 2 N–H and O–H groups in total. The topological polar surface area (TPSA) is 49.3 Å². The lowest BCUT2D eigenvalue weighted by Gasteiger charge is -2.19. The van der Waals surface area contributed by atoms with Gasteiger partial charge in [0.1, 0.15) is 0 Å². The zero-order valence-electron chi connectivity index (χ0n) is 12.0. The van der Waals surface area contributed by atoms with Gasteiger partial charge in [0, 0.05) is 23.6 Å². The minimum absolute atomic E-state index is 0.243. The summed E-state index contributed by atoms with van der Waals surface area (Å²) in [6, 6.07) is 0.497. The number of aliphatic carboxylic acids is 1. The molecule has 4 heteroatoms. The summed E-state index contributed by atoms with van der Waals surface area (Å²) in [7, 11) is 0. The first-order valence-electron chi connectivity index (χ1n) is 6.98. The quantitative estimate of drug-likeness (QED) is 0.749. The maximum absolute atomic E-state index is 11.2. The third-order valence-corrected chi connectivity index (χ3v) is 5.29. The highest BCUT2D eigenvalue weighted by Gasteiger charge is 2.28. The van der Waals surface area contributed by atoms with E-state index in [0.717, 1.165) is 17.4 Å². The molecule has 18 heavy (non-hydrogen) atoms. The van der Waals surface area contributed by atoms with Crippen molar-refractivity contribution in [1.82, 2.24) is 5.32 Å². The molecule has 3 unspecified atom stereocenters. The van der Waals surface area contributed by atoms with Gasteiger partial charge < -0.3 is 10.4 Å². The lowest BCUT2D eigenvalue weighted by Crippen LogP contribution is -2.37. The zero-order valence-corrected chi connectivity index (χ0v) is 12.8. The molecule has 3 atom stereocenters. The van der Waals surface area contributed by atoms with E-state index in [-0.39, 0.29) is 5.92 Å². The van der Waals surface area contributed by atoms with Crippen molar-refractivity contribution in [2.75, 3.05) is 12.3 Å². The van der Waals surface area contributed by atoms with Gasteiger partial charge >= 0.3 is 5.97 Å². The summed E-state index contributed by atoms with van der Waals surface area (Å²) in [4.78, 5) is 11.2. The Morgan fingerprint density at radius 1 is 1.39 bits per heavy atom. The summed E-state index contributed by atoms with van der Waals surface area (Å²) in [5.74, 6) is 1.37. The summed E-state index contributed by atoms with van der Waals surface area (Å²) in [6.07, 6.45) is 1.94. The molecule has 0 saturated carbocycles. The highest BCUT2D eigenvalue weighted by Crippen LogP contribution is 2.32. The second kappa shape index (κ2) is 7.39. The van der Waals surface area contributed by atoms with Gasteiger partial charge in [0.15, 0.2) is 0 Å². The fourth-order valence-corrected chi connectivity index (χ4v) is 3.90. The van der Waals surface area contributed by atoms with Crippen LogP contribution < -0.4 is 5.32 Å². The Labute approximate surface area is 115 Å². The predicted octanol–water partition coefficient (Wildman–Crippen LogP) is 2.85. The van der Waals surface area contributed by atoms with E-state index >= 15 is 0 Å². The van der Waals surface area contributed by atoms with Crippen molar-refractivity contribution in [1.29, 1.82) is 0 Å². The summed E-state index contributed by atoms with van der Waals surface area (Å²) >= 11 is 2.02. The van der Waals surface area contributed by atoms with Crippen LogP contribution in [0, 0.1) is 17.8 Å². The van der Waals surface area contributed by atoms with Crippen LogP contribution in [0.3, 0.4) is 0 Å². The van der Waals surface area contributed by atoms with Crippen LogP contribution in [0.15, 0.2) is 0 Å². The first kappa shape index (κ1) is 15.8. The molecule has 0 aromatic rings. The smallest absolute Gasteiger partial charge is 0.307 e. The third-order valence-electron chi connectivity index (χ3n) is 3.53. The van der Waals surface area contributed by atoms with Crippen LogP contribution in [0.2, 0.25) is 0 Å². The monoisotopic (exact) mass is 273 g/mol.